The van der Waals surface area contributed by atoms with Crippen molar-refractivity contribution < 1.29 is 18.7 Å². The molecular weight excluding hydrogens is 211 g/mol. The van der Waals surface area contributed by atoms with Crippen LogP contribution < -0.4 is 0 Å². The average molecular weight is 224 g/mol. The standard InChI is InChI=1S/C12H13FO3/c1-12(2,3)16-11(15)10-8(7-14)5-4-6-9(10)13/h4-7H,1-3H3. The summed E-state index contributed by atoms with van der Waals surface area (Å²) in [5, 5.41) is 0. The number of hydrogen-bond donors (Lipinski definition) is 0. The van der Waals surface area contributed by atoms with E-state index in [-0.39, 0.29) is 11.1 Å². The molecule has 0 saturated heterocycles. The third-order valence-corrected chi connectivity index (χ3v) is 1.78. The van der Waals surface area contributed by atoms with Crippen LogP contribution in [0, 0.1) is 5.82 Å². The van der Waals surface area contributed by atoms with Gasteiger partial charge in [0, 0.05) is 5.56 Å². The van der Waals surface area contributed by atoms with Crippen molar-refractivity contribution in [1.29, 1.82) is 0 Å². The Hall–Kier alpha value is -1.71. The number of benzene rings is 1. The van der Waals surface area contributed by atoms with Crippen molar-refractivity contribution >= 4 is 12.3 Å². The van der Waals surface area contributed by atoms with E-state index in [1.54, 1.807) is 20.8 Å². The maximum absolute atomic E-state index is 13.4. The minimum atomic E-state index is -0.826. The topological polar surface area (TPSA) is 43.4 Å². The van der Waals surface area contributed by atoms with Crippen molar-refractivity contribution in [3.63, 3.8) is 0 Å². The zero-order valence-electron chi connectivity index (χ0n) is 9.41. The lowest BCUT2D eigenvalue weighted by Gasteiger charge is -2.20. The number of aldehydes is 1. The van der Waals surface area contributed by atoms with Crippen LogP contribution in [0.25, 0.3) is 0 Å². The summed E-state index contributed by atoms with van der Waals surface area (Å²) in [5.74, 6) is -1.58. The van der Waals surface area contributed by atoms with E-state index >= 15 is 0 Å². The van der Waals surface area contributed by atoms with E-state index in [9.17, 15) is 14.0 Å². The Morgan fingerprint density at radius 3 is 2.50 bits per heavy atom. The first-order chi connectivity index (χ1) is 7.35. The van der Waals surface area contributed by atoms with Crippen molar-refractivity contribution in [2.45, 2.75) is 26.4 Å². The summed E-state index contributed by atoms with van der Waals surface area (Å²) < 4.78 is 18.4. The van der Waals surface area contributed by atoms with Crippen LogP contribution in [0.5, 0.6) is 0 Å². The third kappa shape index (κ3) is 2.89. The summed E-state index contributed by atoms with van der Waals surface area (Å²) in [4.78, 5) is 22.3. The molecule has 0 aliphatic carbocycles. The first-order valence-corrected chi connectivity index (χ1v) is 4.82. The predicted octanol–water partition coefficient (Wildman–Crippen LogP) is 2.59. The van der Waals surface area contributed by atoms with Gasteiger partial charge < -0.3 is 4.74 Å². The predicted molar refractivity (Wildman–Crippen MR) is 57.0 cm³/mol. The van der Waals surface area contributed by atoms with Crippen LogP contribution >= 0.6 is 0 Å². The van der Waals surface area contributed by atoms with Crippen molar-refractivity contribution in [2.24, 2.45) is 0 Å². The second-order valence-electron chi connectivity index (χ2n) is 4.32. The molecule has 0 aromatic heterocycles. The quantitative estimate of drug-likeness (QED) is 0.572. The lowest BCUT2D eigenvalue weighted by molar-refractivity contribution is 0.00634. The lowest BCUT2D eigenvalue weighted by Crippen LogP contribution is -2.25. The fourth-order valence-electron chi connectivity index (χ4n) is 1.18. The van der Waals surface area contributed by atoms with Gasteiger partial charge in [-0.15, -0.1) is 0 Å². The zero-order valence-corrected chi connectivity index (χ0v) is 9.41. The number of rotatable bonds is 2. The molecule has 0 saturated carbocycles. The van der Waals surface area contributed by atoms with E-state index < -0.39 is 17.4 Å². The Balaban J connectivity index is 3.12. The molecule has 1 aromatic rings. The van der Waals surface area contributed by atoms with Gasteiger partial charge in [-0.05, 0) is 26.8 Å². The Morgan fingerprint density at radius 2 is 2.00 bits per heavy atom. The summed E-state index contributed by atoms with van der Waals surface area (Å²) in [7, 11) is 0. The van der Waals surface area contributed by atoms with E-state index in [2.05, 4.69) is 0 Å². The fourth-order valence-corrected chi connectivity index (χ4v) is 1.18. The molecule has 0 amide bonds. The highest BCUT2D eigenvalue weighted by molar-refractivity contribution is 5.98. The molecule has 0 fully saturated rings. The van der Waals surface area contributed by atoms with Gasteiger partial charge in [-0.25, -0.2) is 9.18 Å². The van der Waals surface area contributed by atoms with Gasteiger partial charge in [0.25, 0.3) is 0 Å². The molecule has 3 nitrogen and oxygen atoms in total. The Morgan fingerprint density at radius 1 is 1.38 bits per heavy atom. The minimum Gasteiger partial charge on any atom is -0.456 e. The molecule has 1 rings (SSSR count). The van der Waals surface area contributed by atoms with Crippen LogP contribution in [-0.2, 0) is 4.74 Å². The monoisotopic (exact) mass is 224 g/mol. The SMILES string of the molecule is CC(C)(C)OC(=O)c1c(F)cccc1C=O. The second-order valence-corrected chi connectivity index (χ2v) is 4.32. The van der Waals surface area contributed by atoms with E-state index in [0.717, 1.165) is 6.07 Å². The number of carbonyl (C=O) groups is 2. The smallest absolute Gasteiger partial charge is 0.342 e. The highest BCUT2D eigenvalue weighted by Gasteiger charge is 2.23. The van der Waals surface area contributed by atoms with Crippen molar-refractivity contribution in [2.75, 3.05) is 0 Å². The Labute approximate surface area is 93.2 Å². The normalized spacial score (nSPS) is 11.0. The number of halogens is 1. The summed E-state index contributed by atoms with van der Waals surface area (Å²) in [6, 6.07) is 3.86. The molecule has 16 heavy (non-hydrogen) atoms. The largest absolute Gasteiger partial charge is 0.456 e. The molecular formula is C12H13FO3. The molecule has 0 heterocycles. The number of ether oxygens (including phenoxy) is 1. The number of hydrogen-bond acceptors (Lipinski definition) is 3. The Kier molecular flexibility index (Phi) is 3.42. The molecule has 4 heteroatoms. The summed E-state index contributed by atoms with van der Waals surface area (Å²) in [6.07, 6.45) is 0.433. The van der Waals surface area contributed by atoms with E-state index in [4.69, 9.17) is 4.74 Å². The van der Waals surface area contributed by atoms with Crippen LogP contribution in [-0.4, -0.2) is 17.9 Å². The highest BCUT2D eigenvalue weighted by atomic mass is 19.1. The average Bonchev–Trinajstić information content (AvgIpc) is 2.14. The van der Waals surface area contributed by atoms with Gasteiger partial charge in [-0.2, -0.15) is 0 Å². The summed E-state index contributed by atoms with van der Waals surface area (Å²) >= 11 is 0. The second kappa shape index (κ2) is 4.43. The third-order valence-electron chi connectivity index (χ3n) is 1.78. The lowest BCUT2D eigenvalue weighted by atomic mass is 10.1. The van der Waals surface area contributed by atoms with Crippen molar-refractivity contribution in [1.82, 2.24) is 0 Å². The molecule has 0 radical (unpaired) electrons. The number of carbonyl (C=O) groups excluding carboxylic acids is 2. The molecule has 0 spiro atoms. The first-order valence-electron chi connectivity index (χ1n) is 4.82. The molecule has 0 atom stereocenters. The van der Waals surface area contributed by atoms with Gasteiger partial charge in [0.15, 0.2) is 6.29 Å². The van der Waals surface area contributed by atoms with E-state index in [0.29, 0.717) is 6.29 Å². The number of esters is 1. The molecule has 86 valence electrons. The molecule has 0 aliphatic rings. The molecule has 1 aromatic carbocycles. The zero-order chi connectivity index (χ0) is 12.3. The van der Waals surface area contributed by atoms with Gasteiger partial charge >= 0.3 is 5.97 Å². The molecule has 0 unspecified atom stereocenters. The molecule has 0 bridgehead atoms. The molecule has 0 aliphatic heterocycles. The van der Waals surface area contributed by atoms with Crippen LogP contribution in [0.1, 0.15) is 41.5 Å². The van der Waals surface area contributed by atoms with Gasteiger partial charge in [-0.3, -0.25) is 4.79 Å². The van der Waals surface area contributed by atoms with Gasteiger partial charge in [0.05, 0.1) is 0 Å². The molecule has 0 N–H and O–H groups in total. The van der Waals surface area contributed by atoms with Crippen molar-refractivity contribution in [3.05, 3.63) is 35.1 Å². The van der Waals surface area contributed by atoms with Crippen LogP contribution in [0.15, 0.2) is 18.2 Å². The first kappa shape index (κ1) is 12.4. The van der Waals surface area contributed by atoms with Crippen molar-refractivity contribution in [3.8, 4) is 0 Å². The van der Waals surface area contributed by atoms with Crippen LogP contribution in [0.3, 0.4) is 0 Å². The maximum atomic E-state index is 13.4. The van der Waals surface area contributed by atoms with Crippen LogP contribution in [0.2, 0.25) is 0 Å². The highest BCUT2D eigenvalue weighted by Crippen LogP contribution is 2.17. The van der Waals surface area contributed by atoms with Crippen LogP contribution in [0.4, 0.5) is 4.39 Å². The summed E-state index contributed by atoms with van der Waals surface area (Å²) in [5.41, 5.74) is -1.04. The maximum Gasteiger partial charge on any atom is 0.342 e. The minimum absolute atomic E-state index is 0.00532. The van der Waals surface area contributed by atoms with Gasteiger partial charge in [0.1, 0.15) is 17.0 Å². The summed E-state index contributed by atoms with van der Waals surface area (Å²) in [6.45, 7) is 5.02. The van der Waals surface area contributed by atoms with E-state index in [1.165, 1.54) is 12.1 Å². The van der Waals surface area contributed by atoms with E-state index in [1.807, 2.05) is 0 Å². The Bertz CT molecular complexity index is 419. The van der Waals surface area contributed by atoms with Gasteiger partial charge in [-0.1, -0.05) is 12.1 Å². The fraction of sp³-hybridized carbons (Fsp3) is 0.333. The van der Waals surface area contributed by atoms with Gasteiger partial charge in [0.2, 0.25) is 0 Å².